The average Bonchev–Trinajstić information content (AvgIpc) is 2.03. The van der Waals surface area contributed by atoms with E-state index in [0.717, 1.165) is 12.8 Å². The second-order valence-electron chi connectivity index (χ2n) is 3.89. The summed E-state index contributed by atoms with van der Waals surface area (Å²) in [7, 11) is 0. The zero-order valence-corrected chi connectivity index (χ0v) is 7.82. The molecule has 0 radical (unpaired) electrons. The predicted molar refractivity (Wildman–Crippen MR) is 45.2 cm³/mol. The van der Waals surface area contributed by atoms with Crippen molar-refractivity contribution in [2.45, 2.75) is 33.1 Å². The quantitative estimate of drug-likeness (QED) is 0.517. The van der Waals surface area contributed by atoms with Gasteiger partial charge in [-0.25, -0.2) is 0 Å². The molecule has 1 heterocycles. The molecule has 1 saturated heterocycles. The van der Waals surface area contributed by atoms with Crippen LogP contribution in [-0.4, -0.2) is 16.9 Å². The van der Waals surface area contributed by atoms with Crippen molar-refractivity contribution >= 4 is 17.7 Å². The van der Waals surface area contributed by atoms with Crippen LogP contribution in [0, 0.1) is 5.41 Å². The Morgan fingerprint density at radius 2 is 2.09 bits per heavy atom. The first-order valence-corrected chi connectivity index (χ1v) is 4.31. The summed E-state index contributed by atoms with van der Waals surface area (Å²) in [5, 5.41) is 0. The maximum Gasteiger partial charge on any atom is 0.236 e. The van der Waals surface area contributed by atoms with Gasteiger partial charge in [0.15, 0.2) is 0 Å². The number of amides is 1. The van der Waals surface area contributed by atoms with Gasteiger partial charge in [-0.3, -0.25) is 9.21 Å². The Bertz CT molecular complexity index is 167. The third-order valence-electron chi connectivity index (χ3n) is 2.27. The average molecular weight is 176 g/mol. The Hall–Kier alpha value is -0.240. The summed E-state index contributed by atoms with van der Waals surface area (Å²) in [5.41, 5.74) is 0.277. The summed E-state index contributed by atoms with van der Waals surface area (Å²) < 4.78 is 1.31. The summed E-state index contributed by atoms with van der Waals surface area (Å²) in [6.45, 7) is 5.04. The van der Waals surface area contributed by atoms with Crippen LogP contribution in [0.3, 0.4) is 0 Å². The van der Waals surface area contributed by atoms with Crippen LogP contribution in [0.15, 0.2) is 0 Å². The van der Waals surface area contributed by atoms with E-state index in [4.69, 9.17) is 11.8 Å². The van der Waals surface area contributed by atoms with E-state index in [9.17, 15) is 4.79 Å². The topological polar surface area (TPSA) is 20.3 Å². The molecule has 0 unspecified atom stereocenters. The summed E-state index contributed by atoms with van der Waals surface area (Å²) in [6, 6.07) is 0. The Morgan fingerprint density at radius 3 is 2.73 bits per heavy atom. The Labute approximate surface area is 72.6 Å². The summed E-state index contributed by atoms with van der Waals surface area (Å²) in [6.07, 6.45) is 2.55. The molecule has 64 valence electrons. The molecule has 0 N–H and O–H groups in total. The first-order valence-electron chi connectivity index (χ1n) is 3.97. The molecular weight excluding hydrogens is 162 g/mol. The monoisotopic (exact) mass is 175 g/mol. The molecule has 0 aromatic carbocycles. The predicted octanol–water partition coefficient (Wildman–Crippen LogP) is 2.18. The molecule has 1 aliphatic heterocycles. The van der Waals surface area contributed by atoms with E-state index in [-0.39, 0.29) is 11.3 Å². The maximum atomic E-state index is 11.1. The third kappa shape index (κ3) is 2.37. The van der Waals surface area contributed by atoms with E-state index in [2.05, 4.69) is 13.8 Å². The number of carbonyl (C=O) groups is 1. The standard InChI is InChI=1S/C8H14ClNO/c1-8(2)4-3-7(11)10(9)6-5-8/h3-6H2,1-2H3. The fourth-order valence-electron chi connectivity index (χ4n) is 1.22. The van der Waals surface area contributed by atoms with Crippen molar-refractivity contribution in [1.82, 2.24) is 4.42 Å². The first-order chi connectivity index (χ1) is 5.01. The van der Waals surface area contributed by atoms with Gasteiger partial charge in [0.05, 0.1) is 0 Å². The fraction of sp³-hybridized carbons (Fsp3) is 0.875. The van der Waals surface area contributed by atoms with Crippen molar-refractivity contribution in [3.8, 4) is 0 Å². The van der Waals surface area contributed by atoms with Crippen LogP contribution in [0.2, 0.25) is 0 Å². The van der Waals surface area contributed by atoms with Gasteiger partial charge in [-0.2, -0.15) is 0 Å². The molecule has 0 saturated carbocycles. The highest BCUT2D eigenvalue weighted by Gasteiger charge is 2.26. The molecule has 0 atom stereocenters. The van der Waals surface area contributed by atoms with Gasteiger partial charge in [0.2, 0.25) is 5.91 Å². The van der Waals surface area contributed by atoms with Crippen molar-refractivity contribution in [3.05, 3.63) is 0 Å². The van der Waals surface area contributed by atoms with Gasteiger partial charge in [-0.05, 0) is 18.3 Å². The number of nitrogens with zero attached hydrogens (tertiary/aromatic N) is 1. The Balaban J connectivity index is 2.58. The summed E-state index contributed by atoms with van der Waals surface area (Å²) >= 11 is 5.68. The smallest absolute Gasteiger partial charge is 0.236 e. The Morgan fingerprint density at radius 1 is 1.45 bits per heavy atom. The van der Waals surface area contributed by atoms with Crippen molar-refractivity contribution in [2.75, 3.05) is 6.54 Å². The number of hydrogen-bond donors (Lipinski definition) is 0. The second-order valence-corrected chi connectivity index (χ2v) is 4.30. The van der Waals surface area contributed by atoms with Crippen LogP contribution in [0.4, 0.5) is 0 Å². The van der Waals surface area contributed by atoms with E-state index in [1.165, 1.54) is 4.42 Å². The van der Waals surface area contributed by atoms with Crippen molar-refractivity contribution in [2.24, 2.45) is 5.41 Å². The van der Waals surface area contributed by atoms with Crippen molar-refractivity contribution < 1.29 is 4.79 Å². The normalized spacial score (nSPS) is 25.0. The molecule has 1 amide bonds. The molecule has 1 aliphatic rings. The van der Waals surface area contributed by atoms with E-state index < -0.39 is 0 Å². The third-order valence-corrected chi connectivity index (χ3v) is 2.63. The molecule has 2 nitrogen and oxygen atoms in total. The van der Waals surface area contributed by atoms with E-state index in [1.54, 1.807) is 0 Å². The van der Waals surface area contributed by atoms with Crippen LogP contribution in [0.5, 0.6) is 0 Å². The highest BCUT2D eigenvalue weighted by molar-refractivity contribution is 6.21. The van der Waals surface area contributed by atoms with Gasteiger partial charge in [-0.1, -0.05) is 13.8 Å². The highest BCUT2D eigenvalue weighted by Crippen LogP contribution is 2.30. The first kappa shape index (κ1) is 8.85. The SMILES string of the molecule is CC1(C)CCC(=O)N(Cl)CC1. The maximum absolute atomic E-state index is 11.1. The highest BCUT2D eigenvalue weighted by atomic mass is 35.5. The zero-order valence-electron chi connectivity index (χ0n) is 7.06. The van der Waals surface area contributed by atoms with Crippen LogP contribution in [0.25, 0.3) is 0 Å². The summed E-state index contributed by atoms with van der Waals surface area (Å²) in [4.78, 5) is 11.1. The molecule has 11 heavy (non-hydrogen) atoms. The molecule has 0 aromatic rings. The van der Waals surface area contributed by atoms with Gasteiger partial charge in [0, 0.05) is 24.7 Å². The Kier molecular flexibility index (Phi) is 2.43. The molecular formula is C8H14ClNO. The lowest BCUT2D eigenvalue weighted by Crippen LogP contribution is -2.20. The number of halogens is 1. The van der Waals surface area contributed by atoms with Crippen LogP contribution >= 0.6 is 11.8 Å². The van der Waals surface area contributed by atoms with Crippen molar-refractivity contribution in [1.29, 1.82) is 0 Å². The van der Waals surface area contributed by atoms with Crippen LogP contribution in [-0.2, 0) is 4.79 Å². The van der Waals surface area contributed by atoms with E-state index in [1.807, 2.05) is 0 Å². The van der Waals surface area contributed by atoms with Gasteiger partial charge in [-0.15, -0.1) is 0 Å². The van der Waals surface area contributed by atoms with Gasteiger partial charge >= 0.3 is 0 Å². The van der Waals surface area contributed by atoms with Gasteiger partial charge in [0.1, 0.15) is 0 Å². The van der Waals surface area contributed by atoms with E-state index >= 15 is 0 Å². The van der Waals surface area contributed by atoms with Gasteiger partial charge in [0.25, 0.3) is 0 Å². The number of hydrogen-bond acceptors (Lipinski definition) is 1. The lowest BCUT2D eigenvalue weighted by Gasteiger charge is -2.20. The van der Waals surface area contributed by atoms with E-state index in [0.29, 0.717) is 13.0 Å². The molecule has 0 aliphatic carbocycles. The molecule has 0 bridgehead atoms. The minimum Gasteiger partial charge on any atom is -0.274 e. The largest absolute Gasteiger partial charge is 0.274 e. The zero-order chi connectivity index (χ0) is 8.48. The second kappa shape index (κ2) is 3.02. The van der Waals surface area contributed by atoms with Gasteiger partial charge < -0.3 is 0 Å². The minimum atomic E-state index is 0.0669. The molecule has 1 rings (SSSR count). The summed E-state index contributed by atoms with van der Waals surface area (Å²) in [5.74, 6) is 0.0669. The number of rotatable bonds is 0. The fourth-order valence-corrected chi connectivity index (χ4v) is 1.39. The van der Waals surface area contributed by atoms with Crippen LogP contribution in [0.1, 0.15) is 33.1 Å². The molecule has 1 fully saturated rings. The van der Waals surface area contributed by atoms with Crippen molar-refractivity contribution in [3.63, 3.8) is 0 Å². The lowest BCUT2D eigenvalue weighted by atomic mass is 9.85. The molecule has 0 aromatic heterocycles. The minimum absolute atomic E-state index is 0.0669. The molecule has 0 spiro atoms. The number of carbonyl (C=O) groups excluding carboxylic acids is 1. The van der Waals surface area contributed by atoms with Crippen LogP contribution < -0.4 is 0 Å². The lowest BCUT2D eigenvalue weighted by molar-refractivity contribution is -0.126. The molecule has 3 heteroatoms.